The molecular formula is C10H15FN3O12P3. The summed E-state index contributed by atoms with van der Waals surface area (Å²) in [5, 5.41) is 9.86. The fourth-order valence-electron chi connectivity index (χ4n) is 2.18. The topological polar surface area (TPSA) is 241 Å². The van der Waals surface area contributed by atoms with Crippen molar-refractivity contribution in [1.29, 1.82) is 0 Å². The Labute approximate surface area is 160 Å². The first-order chi connectivity index (χ1) is 13.1. The van der Waals surface area contributed by atoms with Gasteiger partial charge in [0.15, 0.2) is 12.4 Å². The standard InChI is InChI=1S/C10H15FN3O12P3/c11-7-8(15)5(24-9(7)14-3-1-6(12)13-10(14)16)2-4-27(17,18)25-29(22,23)26-28(19,20)21/h1-5,7-9,15H,(H,17,18)(H,22,23)(H2,12,13,16)(H2,19,20,21)/t5-,7-,8-,9-/m1/s1. The lowest BCUT2D eigenvalue weighted by Crippen LogP contribution is -2.33. The van der Waals surface area contributed by atoms with E-state index < -0.39 is 53.5 Å². The van der Waals surface area contributed by atoms with Gasteiger partial charge in [0.05, 0.1) is 0 Å². The van der Waals surface area contributed by atoms with Gasteiger partial charge in [-0.1, -0.05) is 0 Å². The van der Waals surface area contributed by atoms with Crippen LogP contribution in [0.5, 0.6) is 0 Å². The second-order valence-corrected chi connectivity index (χ2v) is 10.1. The molecular weight excluding hydrogens is 466 g/mol. The zero-order valence-electron chi connectivity index (χ0n) is 13.9. The molecule has 0 amide bonds. The van der Waals surface area contributed by atoms with Gasteiger partial charge in [-0.25, -0.2) is 22.6 Å². The molecule has 2 unspecified atom stereocenters. The maximum Gasteiger partial charge on any atom is 0.488 e. The van der Waals surface area contributed by atoms with Gasteiger partial charge in [-0.15, -0.1) is 0 Å². The minimum atomic E-state index is -5.67. The number of aliphatic hydroxyl groups is 1. The Balaban J connectivity index is 2.15. The van der Waals surface area contributed by atoms with Gasteiger partial charge >= 0.3 is 28.9 Å². The van der Waals surface area contributed by atoms with E-state index in [9.17, 15) is 32.9 Å². The first kappa shape index (κ1) is 24.0. The van der Waals surface area contributed by atoms with Crippen LogP contribution in [0.3, 0.4) is 0 Å². The molecule has 0 aromatic carbocycles. The number of hydrogen-bond acceptors (Lipinski definition) is 10. The molecule has 1 aromatic heterocycles. The molecule has 0 spiro atoms. The van der Waals surface area contributed by atoms with Crippen molar-refractivity contribution < 1.29 is 56.1 Å². The number of ether oxygens (including phenoxy) is 1. The molecule has 19 heteroatoms. The molecule has 164 valence electrons. The highest BCUT2D eigenvalue weighted by Crippen LogP contribution is 2.66. The number of nitrogens with zero attached hydrogens (tertiary/aromatic N) is 2. The predicted molar refractivity (Wildman–Crippen MR) is 90.7 cm³/mol. The van der Waals surface area contributed by atoms with E-state index >= 15 is 0 Å². The van der Waals surface area contributed by atoms with E-state index in [2.05, 4.69) is 13.6 Å². The molecule has 2 rings (SSSR count). The number of rotatable bonds is 7. The van der Waals surface area contributed by atoms with Crippen LogP contribution < -0.4 is 11.4 Å². The third-order valence-electron chi connectivity index (χ3n) is 3.25. The number of alkyl halides is 1. The van der Waals surface area contributed by atoms with Crippen molar-refractivity contribution in [3.05, 3.63) is 34.6 Å². The van der Waals surface area contributed by atoms with Crippen LogP contribution in [0, 0.1) is 0 Å². The monoisotopic (exact) mass is 481 g/mol. The zero-order chi connectivity index (χ0) is 22.2. The van der Waals surface area contributed by atoms with Gasteiger partial charge in [0.1, 0.15) is 18.0 Å². The quantitative estimate of drug-likeness (QED) is 0.265. The molecule has 29 heavy (non-hydrogen) atoms. The van der Waals surface area contributed by atoms with Crippen molar-refractivity contribution >= 4 is 29.1 Å². The number of nitrogens with two attached hydrogens (primary N) is 1. The lowest BCUT2D eigenvalue weighted by molar-refractivity contribution is -0.00685. The van der Waals surface area contributed by atoms with E-state index in [0.29, 0.717) is 10.6 Å². The summed E-state index contributed by atoms with van der Waals surface area (Å²) < 4.78 is 60.8. The third-order valence-corrected chi connectivity index (χ3v) is 7.24. The Morgan fingerprint density at radius 2 is 1.86 bits per heavy atom. The van der Waals surface area contributed by atoms with Crippen LogP contribution in [0.2, 0.25) is 0 Å². The Kier molecular flexibility index (Phi) is 7.00. The van der Waals surface area contributed by atoms with E-state index in [-0.39, 0.29) is 11.6 Å². The molecule has 15 nitrogen and oxygen atoms in total. The molecule has 1 fully saturated rings. The SMILES string of the molecule is Nc1ccn([C@@H]2O[C@H](C=CP(=O)(O)OP(=O)(O)OP(=O)(O)O)[C@@H](O)[C@H]2F)c(=O)n1. The van der Waals surface area contributed by atoms with Crippen LogP contribution >= 0.6 is 23.2 Å². The summed E-state index contributed by atoms with van der Waals surface area (Å²) in [4.78, 5) is 50.6. The molecule has 0 radical (unpaired) electrons. The van der Waals surface area contributed by atoms with E-state index in [1.54, 1.807) is 0 Å². The summed E-state index contributed by atoms with van der Waals surface area (Å²) >= 11 is 0. The molecule has 0 aliphatic carbocycles. The van der Waals surface area contributed by atoms with Crippen LogP contribution in [0.15, 0.2) is 29.0 Å². The molecule has 0 saturated carbocycles. The number of halogens is 1. The number of hydrogen-bond donors (Lipinski definition) is 6. The summed E-state index contributed by atoms with van der Waals surface area (Å²) in [5.41, 5.74) is 4.31. The van der Waals surface area contributed by atoms with Gasteiger partial charge in [-0.05, 0) is 12.1 Å². The largest absolute Gasteiger partial charge is 0.488 e. The first-order valence-electron chi connectivity index (χ1n) is 7.25. The van der Waals surface area contributed by atoms with E-state index in [4.69, 9.17) is 25.2 Å². The number of anilines is 1. The van der Waals surface area contributed by atoms with Crippen molar-refractivity contribution in [2.24, 2.45) is 0 Å². The maximum absolute atomic E-state index is 14.3. The molecule has 1 aliphatic heterocycles. The summed E-state index contributed by atoms with van der Waals surface area (Å²) in [6, 6.07) is 1.16. The number of phosphoric acid groups is 2. The van der Waals surface area contributed by atoms with Crippen LogP contribution in [0.1, 0.15) is 6.23 Å². The average Bonchev–Trinajstić information content (AvgIpc) is 2.78. The molecule has 1 aliphatic rings. The highest BCUT2D eigenvalue weighted by Gasteiger charge is 2.45. The Hall–Kier alpha value is -1.28. The van der Waals surface area contributed by atoms with E-state index in [1.807, 2.05) is 0 Å². The van der Waals surface area contributed by atoms with E-state index in [1.165, 1.54) is 0 Å². The zero-order valence-corrected chi connectivity index (χ0v) is 16.6. The molecule has 7 N–H and O–H groups in total. The lowest BCUT2D eigenvalue weighted by Gasteiger charge is -2.15. The first-order valence-corrected chi connectivity index (χ1v) is 11.9. The predicted octanol–water partition coefficient (Wildman–Crippen LogP) is -0.653. The average molecular weight is 481 g/mol. The van der Waals surface area contributed by atoms with Crippen LogP contribution in [0.25, 0.3) is 0 Å². The summed E-state index contributed by atoms with van der Waals surface area (Å²) in [6.45, 7) is 0. The summed E-state index contributed by atoms with van der Waals surface area (Å²) in [5.74, 6) is 0.0484. The molecule has 1 aromatic rings. The van der Waals surface area contributed by atoms with Gasteiger partial charge in [-0.3, -0.25) is 9.13 Å². The van der Waals surface area contributed by atoms with Crippen molar-refractivity contribution in [2.45, 2.75) is 24.6 Å². The van der Waals surface area contributed by atoms with Gasteiger partial charge < -0.3 is 35.2 Å². The fourth-order valence-corrected chi connectivity index (χ4v) is 5.43. The van der Waals surface area contributed by atoms with Crippen LogP contribution in [-0.2, 0) is 27.1 Å². The molecule has 0 bridgehead atoms. The normalized spacial score (nSPS) is 29.6. The van der Waals surface area contributed by atoms with Crippen molar-refractivity contribution in [1.82, 2.24) is 9.55 Å². The van der Waals surface area contributed by atoms with Crippen molar-refractivity contribution in [2.75, 3.05) is 5.73 Å². The minimum absolute atomic E-state index is 0.152. The highest BCUT2D eigenvalue weighted by molar-refractivity contribution is 7.69. The van der Waals surface area contributed by atoms with Gasteiger partial charge in [0.2, 0.25) is 0 Å². The Morgan fingerprint density at radius 3 is 2.41 bits per heavy atom. The third kappa shape index (κ3) is 6.60. The van der Waals surface area contributed by atoms with Crippen LogP contribution in [0.4, 0.5) is 10.2 Å². The second-order valence-electron chi connectivity index (χ2n) is 5.50. The Bertz CT molecular complexity index is 994. The minimum Gasteiger partial charge on any atom is -0.387 e. The summed E-state index contributed by atoms with van der Waals surface area (Å²) in [6.07, 6.45) is -5.79. The van der Waals surface area contributed by atoms with Gasteiger partial charge in [-0.2, -0.15) is 9.29 Å². The highest BCUT2D eigenvalue weighted by atomic mass is 31.3. The lowest BCUT2D eigenvalue weighted by atomic mass is 10.1. The van der Waals surface area contributed by atoms with Gasteiger partial charge in [0.25, 0.3) is 0 Å². The van der Waals surface area contributed by atoms with Gasteiger partial charge in [0, 0.05) is 12.0 Å². The van der Waals surface area contributed by atoms with Crippen LogP contribution in [-0.4, -0.2) is 52.6 Å². The molecule has 2 heterocycles. The van der Waals surface area contributed by atoms with Crippen molar-refractivity contribution in [3.63, 3.8) is 0 Å². The second kappa shape index (κ2) is 8.46. The maximum atomic E-state index is 14.3. The van der Waals surface area contributed by atoms with E-state index in [0.717, 1.165) is 12.3 Å². The number of aromatic nitrogens is 2. The summed E-state index contributed by atoms with van der Waals surface area (Å²) in [7, 11) is -16.4. The van der Waals surface area contributed by atoms with Crippen molar-refractivity contribution in [3.8, 4) is 0 Å². The Morgan fingerprint density at radius 1 is 1.24 bits per heavy atom. The smallest absolute Gasteiger partial charge is 0.387 e. The number of nitrogen functional groups attached to an aromatic ring is 1. The molecule has 1 saturated heterocycles. The number of aliphatic hydroxyl groups excluding tert-OH is 1. The molecule has 6 atom stereocenters. The fraction of sp³-hybridized carbons (Fsp3) is 0.400.